The number of hydrogen-bond acceptors (Lipinski definition) is 10. The SMILES string of the molecule is CC(=O)OC[C@H]1O[C@H]2SC(NC3CC3)=NC2[C@@H](OC(C)=O)[C@@H]1OC(C)=O. The Morgan fingerprint density at radius 2 is 1.77 bits per heavy atom. The Hall–Kier alpha value is -1.81. The maximum Gasteiger partial charge on any atom is 0.303 e. The Balaban J connectivity index is 1.81. The van der Waals surface area contributed by atoms with E-state index in [-0.39, 0.29) is 6.61 Å². The average molecular weight is 386 g/mol. The standard InChI is InChI=1S/C16H22N2O7S/c1-7(19)22-6-11-13(23-8(2)20)14(24-9(3)21)12-15(25-11)26-16(18-12)17-10-4-5-10/h10-15H,4-6H2,1-3H3,(H,17,18)/t11-,12?,13-,14-,15+/m1/s1. The fraction of sp³-hybridized carbons (Fsp3) is 0.750. The van der Waals surface area contributed by atoms with Crippen LogP contribution in [0.15, 0.2) is 4.99 Å². The van der Waals surface area contributed by atoms with Crippen LogP contribution in [0.2, 0.25) is 0 Å². The van der Waals surface area contributed by atoms with Crippen LogP contribution in [0.5, 0.6) is 0 Å². The molecule has 1 saturated carbocycles. The molecular formula is C16H22N2O7S. The van der Waals surface area contributed by atoms with Crippen LogP contribution in [0.1, 0.15) is 33.6 Å². The molecule has 0 amide bonds. The van der Waals surface area contributed by atoms with Crippen molar-refractivity contribution in [3.05, 3.63) is 0 Å². The molecule has 0 aromatic rings. The number of amidine groups is 1. The number of esters is 3. The van der Waals surface area contributed by atoms with Gasteiger partial charge in [-0.05, 0) is 12.8 Å². The lowest BCUT2D eigenvalue weighted by Crippen LogP contribution is -2.59. The van der Waals surface area contributed by atoms with Crippen LogP contribution in [0.3, 0.4) is 0 Å². The second kappa shape index (κ2) is 7.83. The van der Waals surface area contributed by atoms with Gasteiger partial charge in [0.15, 0.2) is 17.4 Å². The summed E-state index contributed by atoms with van der Waals surface area (Å²) in [6.07, 6.45) is -0.303. The summed E-state index contributed by atoms with van der Waals surface area (Å²) in [7, 11) is 0. The molecule has 0 spiro atoms. The maximum absolute atomic E-state index is 11.6. The number of hydrogen-bond donors (Lipinski definition) is 1. The molecule has 9 nitrogen and oxygen atoms in total. The van der Waals surface area contributed by atoms with Crippen LogP contribution < -0.4 is 5.32 Å². The van der Waals surface area contributed by atoms with E-state index in [0.717, 1.165) is 18.0 Å². The molecule has 1 N–H and O–H groups in total. The van der Waals surface area contributed by atoms with Gasteiger partial charge in [0.25, 0.3) is 0 Å². The van der Waals surface area contributed by atoms with Gasteiger partial charge in [0, 0.05) is 26.8 Å². The van der Waals surface area contributed by atoms with Crippen molar-refractivity contribution in [2.75, 3.05) is 6.61 Å². The minimum atomic E-state index is -0.915. The van der Waals surface area contributed by atoms with E-state index in [1.165, 1.54) is 32.5 Å². The summed E-state index contributed by atoms with van der Waals surface area (Å²) in [5.74, 6) is -1.54. The lowest BCUT2D eigenvalue weighted by atomic mass is 9.98. The van der Waals surface area contributed by atoms with Gasteiger partial charge in [0.05, 0.1) is 0 Å². The summed E-state index contributed by atoms with van der Waals surface area (Å²) in [5, 5.41) is 4.02. The van der Waals surface area contributed by atoms with Crippen molar-refractivity contribution in [2.24, 2.45) is 4.99 Å². The minimum Gasteiger partial charge on any atom is -0.463 e. The van der Waals surface area contributed by atoms with Crippen LogP contribution in [0.25, 0.3) is 0 Å². The molecular weight excluding hydrogens is 364 g/mol. The number of nitrogens with one attached hydrogen (secondary N) is 1. The number of ether oxygens (including phenoxy) is 4. The number of carbonyl (C=O) groups is 3. The van der Waals surface area contributed by atoms with E-state index in [4.69, 9.17) is 18.9 Å². The van der Waals surface area contributed by atoms with E-state index in [9.17, 15) is 14.4 Å². The summed E-state index contributed by atoms with van der Waals surface area (Å²) < 4.78 is 21.8. The highest BCUT2D eigenvalue weighted by Crippen LogP contribution is 2.39. The van der Waals surface area contributed by atoms with Crippen molar-refractivity contribution in [3.63, 3.8) is 0 Å². The molecule has 2 heterocycles. The molecule has 0 bridgehead atoms. The monoisotopic (exact) mass is 386 g/mol. The molecule has 0 aromatic carbocycles. The molecule has 3 rings (SSSR count). The van der Waals surface area contributed by atoms with E-state index in [2.05, 4.69) is 10.3 Å². The van der Waals surface area contributed by atoms with E-state index < -0.39 is 47.7 Å². The third kappa shape index (κ3) is 4.67. The fourth-order valence-electron chi connectivity index (χ4n) is 2.87. The third-order valence-corrected chi connectivity index (χ3v) is 5.14. The normalized spacial score (nSPS) is 32.9. The molecule has 2 aliphatic heterocycles. The Bertz CT molecular complexity index is 622. The molecule has 1 saturated heterocycles. The molecule has 2 fully saturated rings. The Kier molecular flexibility index (Phi) is 5.71. The molecule has 1 aliphatic carbocycles. The quantitative estimate of drug-likeness (QED) is 0.528. The molecule has 144 valence electrons. The molecule has 0 radical (unpaired) electrons. The van der Waals surface area contributed by atoms with Gasteiger partial charge < -0.3 is 24.3 Å². The van der Waals surface area contributed by atoms with Crippen molar-refractivity contribution >= 4 is 34.8 Å². The van der Waals surface area contributed by atoms with Crippen molar-refractivity contribution in [2.45, 2.75) is 69.4 Å². The average Bonchev–Trinajstić information content (AvgIpc) is 3.24. The molecule has 26 heavy (non-hydrogen) atoms. The van der Waals surface area contributed by atoms with Gasteiger partial charge in [-0.1, -0.05) is 11.8 Å². The molecule has 5 atom stereocenters. The third-order valence-electron chi connectivity index (χ3n) is 4.07. The van der Waals surface area contributed by atoms with Gasteiger partial charge in [-0.2, -0.15) is 0 Å². The number of nitrogens with zero attached hydrogens (tertiary/aromatic N) is 1. The first-order valence-electron chi connectivity index (χ1n) is 8.47. The second-order valence-electron chi connectivity index (χ2n) is 6.45. The number of aliphatic imine (C=N–C) groups is 1. The lowest BCUT2D eigenvalue weighted by molar-refractivity contribution is -0.208. The van der Waals surface area contributed by atoms with Gasteiger partial charge in [-0.15, -0.1) is 0 Å². The van der Waals surface area contributed by atoms with Crippen molar-refractivity contribution in [1.29, 1.82) is 0 Å². The lowest BCUT2D eigenvalue weighted by Gasteiger charge is -2.41. The first-order chi connectivity index (χ1) is 12.3. The highest BCUT2D eigenvalue weighted by atomic mass is 32.2. The highest BCUT2D eigenvalue weighted by molar-refractivity contribution is 8.14. The topological polar surface area (TPSA) is 113 Å². The summed E-state index contributed by atoms with van der Waals surface area (Å²) in [4.78, 5) is 38.9. The summed E-state index contributed by atoms with van der Waals surface area (Å²) in [5.41, 5.74) is -0.423. The van der Waals surface area contributed by atoms with Crippen molar-refractivity contribution < 1.29 is 33.3 Å². The van der Waals surface area contributed by atoms with E-state index >= 15 is 0 Å². The number of fused-ring (bicyclic) bond motifs is 1. The first kappa shape index (κ1) is 19.0. The van der Waals surface area contributed by atoms with Gasteiger partial charge in [-0.25, -0.2) is 0 Å². The summed E-state index contributed by atoms with van der Waals surface area (Å²) in [6.45, 7) is 3.71. The summed E-state index contributed by atoms with van der Waals surface area (Å²) >= 11 is 1.40. The van der Waals surface area contributed by atoms with Crippen molar-refractivity contribution in [1.82, 2.24) is 5.32 Å². The van der Waals surface area contributed by atoms with Gasteiger partial charge in [-0.3, -0.25) is 19.4 Å². The van der Waals surface area contributed by atoms with E-state index in [0.29, 0.717) is 6.04 Å². The zero-order valence-electron chi connectivity index (χ0n) is 14.8. The van der Waals surface area contributed by atoms with Gasteiger partial charge in [0.2, 0.25) is 0 Å². The molecule has 0 aromatic heterocycles. The highest BCUT2D eigenvalue weighted by Gasteiger charge is 2.53. The first-order valence-corrected chi connectivity index (χ1v) is 9.35. The van der Waals surface area contributed by atoms with Crippen LogP contribution in [-0.4, -0.2) is 65.5 Å². The van der Waals surface area contributed by atoms with E-state index in [1.54, 1.807) is 0 Å². The van der Waals surface area contributed by atoms with E-state index in [1.807, 2.05) is 0 Å². The largest absolute Gasteiger partial charge is 0.463 e. The Morgan fingerprint density at radius 3 is 2.35 bits per heavy atom. The predicted molar refractivity (Wildman–Crippen MR) is 91.4 cm³/mol. The maximum atomic E-state index is 11.6. The van der Waals surface area contributed by atoms with Gasteiger partial charge in [0.1, 0.15) is 24.2 Å². The van der Waals surface area contributed by atoms with Crippen LogP contribution >= 0.6 is 11.8 Å². The summed E-state index contributed by atoms with van der Waals surface area (Å²) in [6, 6.07) is -0.0993. The number of carbonyl (C=O) groups excluding carboxylic acids is 3. The van der Waals surface area contributed by atoms with Crippen molar-refractivity contribution in [3.8, 4) is 0 Å². The predicted octanol–water partition coefficient (Wildman–Crippen LogP) is 0.361. The van der Waals surface area contributed by atoms with Crippen LogP contribution in [0, 0.1) is 0 Å². The smallest absolute Gasteiger partial charge is 0.303 e. The minimum absolute atomic E-state index is 0.111. The fourth-order valence-corrected chi connectivity index (χ4v) is 4.06. The Morgan fingerprint density at radius 1 is 1.12 bits per heavy atom. The second-order valence-corrected chi connectivity index (χ2v) is 7.54. The molecule has 1 unspecified atom stereocenters. The van der Waals surface area contributed by atoms with Crippen LogP contribution in [0.4, 0.5) is 0 Å². The Labute approximate surface area is 155 Å². The zero-order chi connectivity index (χ0) is 18.8. The van der Waals surface area contributed by atoms with Crippen LogP contribution in [-0.2, 0) is 33.3 Å². The molecule has 3 aliphatic rings. The number of thioether (sulfide) groups is 1. The van der Waals surface area contributed by atoms with Gasteiger partial charge >= 0.3 is 17.9 Å². The zero-order valence-corrected chi connectivity index (χ0v) is 15.6. The molecule has 10 heteroatoms. The number of rotatable bonds is 5.